The molecule has 1 atom stereocenters. The Morgan fingerprint density at radius 1 is 1.62 bits per heavy atom. The number of nitrogens with two attached hydrogens (primary N) is 1. The van der Waals surface area contributed by atoms with Gasteiger partial charge in [0, 0.05) is 23.9 Å². The van der Waals surface area contributed by atoms with E-state index in [4.69, 9.17) is 5.73 Å². The lowest BCUT2D eigenvalue weighted by atomic mass is 10.2. The van der Waals surface area contributed by atoms with Crippen molar-refractivity contribution in [2.45, 2.75) is 38.6 Å². The van der Waals surface area contributed by atoms with Gasteiger partial charge in [0.25, 0.3) is 0 Å². The molecular formula is C12H20N2OS. The molecule has 1 rings (SSSR count). The molecule has 16 heavy (non-hydrogen) atoms. The molecule has 0 bridgehead atoms. The van der Waals surface area contributed by atoms with Crippen molar-refractivity contribution < 1.29 is 4.79 Å². The lowest BCUT2D eigenvalue weighted by Crippen LogP contribution is -2.28. The van der Waals surface area contributed by atoms with Crippen LogP contribution in [-0.2, 0) is 11.2 Å². The van der Waals surface area contributed by atoms with Gasteiger partial charge in [-0.05, 0) is 37.6 Å². The van der Waals surface area contributed by atoms with Crippen molar-refractivity contribution in [1.82, 2.24) is 5.32 Å². The van der Waals surface area contributed by atoms with Gasteiger partial charge >= 0.3 is 0 Å². The predicted molar refractivity (Wildman–Crippen MR) is 68.5 cm³/mol. The van der Waals surface area contributed by atoms with Crippen LogP contribution >= 0.6 is 11.3 Å². The molecule has 1 unspecified atom stereocenters. The normalized spacial score (nSPS) is 12.4. The average Bonchev–Trinajstić information content (AvgIpc) is 2.70. The SMILES string of the molecule is CC(N)CCNC(=O)CCCc1cccs1. The number of hydrogen-bond donors (Lipinski definition) is 2. The van der Waals surface area contributed by atoms with Crippen LogP contribution in [0.1, 0.15) is 31.1 Å². The second-order valence-electron chi connectivity index (χ2n) is 4.05. The summed E-state index contributed by atoms with van der Waals surface area (Å²) in [5.74, 6) is 0.136. The topological polar surface area (TPSA) is 55.1 Å². The van der Waals surface area contributed by atoms with E-state index >= 15 is 0 Å². The molecule has 0 aromatic carbocycles. The molecule has 4 heteroatoms. The third-order valence-corrected chi connectivity index (χ3v) is 3.27. The van der Waals surface area contributed by atoms with E-state index in [0.717, 1.165) is 19.3 Å². The first-order chi connectivity index (χ1) is 7.68. The standard InChI is InChI=1S/C12H20N2OS/c1-10(13)7-8-14-12(15)6-2-4-11-5-3-9-16-11/h3,5,9-10H,2,4,6-8,13H2,1H3,(H,14,15). The Bertz CT molecular complexity index is 296. The molecule has 1 aromatic rings. The van der Waals surface area contributed by atoms with Crippen molar-refractivity contribution in [3.05, 3.63) is 22.4 Å². The van der Waals surface area contributed by atoms with Crippen molar-refractivity contribution in [3.63, 3.8) is 0 Å². The minimum atomic E-state index is 0.136. The zero-order valence-electron chi connectivity index (χ0n) is 9.74. The monoisotopic (exact) mass is 240 g/mol. The number of thiophene rings is 1. The van der Waals surface area contributed by atoms with Gasteiger partial charge in [-0.3, -0.25) is 4.79 Å². The Morgan fingerprint density at radius 2 is 2.44 bits per heavy atom. The van der Waals surface area contributed by atoms with E-state index in [2.05, 4.69) is 16.8 Å². The zero-order valence-corrected chi connectivity index (χ0v) is 10.6. The summed E-state index contributed by atoms with van der Waals surface area (Å²) >= 11 is 1.75. The Hall–Kier alpha value is -0.870. The molecule has 0 aliphatic carbocycles. The van der Waals surface area contributed by atoms with E-state index in [-0.39, 0.29) is 11.9 Å². The molecule has 0 spiro atoms. The number of carbonyl (C=O) groups excluding carboxylic acids is 1. The predicted octanol–water partition coefficient (Wildman–Crippen LogP) is 1.92. The van der Waals surface area contributed by atoms with Crippen LogP contribution in [0.25, 0.3) is 0 Å². The van der Waals surface area contributed by atoms with E-state index in [0.29, 0.717) is 13.0 Å². The van der Waals surface area contributed by atoms with Gasteiger partial charge in [-0.25, -0.2) is 0 Å². The number of hydrogen-bond acceptors (Lipinski definition) is 3. The van der Waals surface area contributed by atoms with E-state index in [9.17, 15) is 4.79 Å². The van der Waals surface area contributed by atoms with Crippen molar-refractivity contribution >= 4 is 17.2 Å². The number of carbonyl (C=O) groups is 1. The molecule has 1 amide bonds. The maximum Gasteiger partial charge on any atom is 0.220 e. The first-order valence-electron chi connectivity index (χ1n) is 5.73. The van der Waals surface area contributed by atoms with Gasteiger partial charge in [-0.1, -0.05) is 6.07 Å². The molecule has 1 aromatic heterocycles. The second-order valence-corrected chi connectivity index (χ2v) is 5.08. The molecule has 3 nitrogen and oxygen atoms in total. The van der Waals surface area contributed by atoms with Gasteiger partial charge in [0.15, 0.2) is 0 Å². The van der Waals surface area contributed by atoms with Crippen LogP contribution < -0.4 is 11.1 Å². The highest BCUT2D eigenvalue weighted by atomic mass is 32.1. The summed E-state index contributed by atoms with van der Waals surface area (Å²) in [4.78, 5) is 12.8. The smallest absolute Gasteiger partial charge is 0.220 e. The summed E-state index contributed by atoms with van der Waals surface area (Å²) in [6.07, 6.45) is 3.37. The molecule has 0 saturated heterocycles. The van der Waals surface area contributed by atoms with Crippen molar-refractivity contribution in [2.24, 2.45) is 5.73 Å². The summed E-state index contributed by atoms with van der Waals surface area (Å²) < 4.78 is 0. The Morgan fingerprint density at radius 3 is 3.06 bits per heavy atom. The molecule has 0 aliphatic heterocycles. The maximum absolute atomic E-state index is 11.4. The number of amides is 1. The van der Waals surface area contributed by atoms with Gasteiger partial charge in [-0.2, -0.15) is 0 Å². The van der Waals surface area contributed by atoms with Gasteiger partial charge in [0.05, 0.1) is 0 Å². The highest BCUT2D eigenvalue weighted by Gasteiger charge is 2.02. The minimum absolute atomic E-state index is 0.136. The quantitative estimate of drug-likeness (QED) is 0.765. The molecule has 90 valence electrons. The molecule has 0 aliphatic rings. The number of rotatable bonds is 7. The van der Waals surface area contributed by atoms with Crippen LogP contribution in [0.3, 0.4) is 0 Å². The zero-order chi connectivity index (χ0) is 11.8. The highest BCUT2D eigenvalue weighted by molar-refractivity contribution is 7.09. The fraction of sp³-hybridized carbons (Fsp3) is 0.583. The molecule has 0 saturated carbocycles. The van der Waals surface area contributed by atoms with Crippen LogP contribution in [0.5, 0.6) is 0 Å². The fourth-order valence-electron chi connectivity index (χ4n) is 1.41. The van der Waals surface area contributed by atoms with Crippen molar-refractivity contribution in [3.8, 4) is 0 Å². The first kappa shape index (κ1) is 13.2. The summed E-state index contributed by atoms with van der Waals surface area (Å²) in [7, 11) is 0. The lowest BCUT2D eigenvalue weighted by molar-refractivity contribution is -0.121. The minimum Gasteiger partial charge on any atom is -0.356 e. The van der Waals surface area contributed by atoms with Gasteiger partial charge in [-0.15, -0.1) is 11.3 Å². The lowest BCUT2D eigenvalue weighted by Gasteiger charge is -2.06. The van der Waals surface area contributed by atoms with Gasteiger partial charge < -0.3 is 11.1 Å². The summed E-state index contributed by atoms with van der Waals surface area (Å²) in [5.41, 5.74) is 5.59. The van der Waals surface area contributed by atoms with Crippen molar-refractivity contribution in [1.29, 1.82) is 0 Å². The summed E-state index contributed by atoms with van der Waals surface area (Å²) in [6.45, 7) is 2.64. The highest BCUT2D eigenvalue weighted by Crippen LogP contribution is 2.11. The van der Waals surface area contributed by atoms with Crippen LogP contribution in [0.2, 0.25) is 0 Å². The summed E-state index contributed by atoms with van der Waals surface area (Å²) in [5, 5.41) is 4.95. The average molecular weight is 240 g/mol. The molecule has 0 radical (unpaired) electrons. The van der Waals surface area contributed by atoms with Crippen LogP contribution in [-0.4, -0.2) is 18.5 Å². The first-order valence-corrected chi connectivity index (χ1v) is 6.61. The molecule has 3 N–H and O–H groups in total. The van der Waals surface area contributed by atoms with Crippen LogP contribution in [0.4, 0.5) is 0 Å². The summed E-state index contributed by atoms with van der Waals surface area (Å²) in [6, 6.07) is 4.31. The van der Waals surface area contributed by atoms with Crippen LogP contribution in [0, 0.1) is 0 Å². The molecule has 0 fully saturated rings. The third-order valence-electron chi connectivity index (χ3n) is 2.33. The van der Waals surface area contributed by atoms with E-state index in [1.807, 2.05) is 13.0 Å². The molecule has 1 heterocycles. The fourth-order valence-corrected chi connectivity index (χ4v) is 2.16. The second kappa shape index (κ2) is 7.41. The van der Waals surface area contributed by atoms with Crippen molar-refractivity contribution in [2.75, 3.05) is 6.54 Å². The largest absolute Gasteiger partial charge is 0.356 e. The number of aryl methyl sites for hydroxylation is 1. The number of nitrogens with one attached hydrogen (secondary N) is 1. The van der Waals surface area contributed by atoms with E-state index in [1.165, 1.54) is 4.88 Å². The Balaban J connectivity index is 2.02. The van der Waals surface area contributed by atoms with Gasteiger partial charge in [0.2, 0.25) is 5.91 Å². The van der Waals surface area contributed by atoms with Crippen LogP contribution in [0.15, 0.2) is 17.5 Å². The Kier molecular flexibility index (Phi) is 6.11. The Labute approximate surface area is 101 Å². The molecular weight excluding hydrogens is 220 g/mol. The van der Waals surface area contributed by atoms with E-state index in [1.54, 1.807) is 11.3 Å². The van der Waals surface area contributed by atoms with Gasteiger partial charge in [0.1, 0.15) is 0 Å². The van der Waals surface area contributed by atoms with E-state index < -0.39 is 0 Å². The third kappa shape index (κ3) is 5.88. The maximum atomic E-state index is 11.4.